The highest BCUT2D eigenvalue weighted by molar-refractivity contribution is 5.69. The van der Waals surface area contributed by atoms with Crippen LogP contribution >= 0.6 is 0 Å². The average molecular weight is 231 g/mol. The third-order valence-corrected chi connectivity index (χ3v) is 3.12. The first-order valence-corrected chi connectivity index (χ1v) is 6.37. The average Bonchev–Trinajstić information content (AvgIpc) is 2.27. The molecule has 0 aliphatic heterocycles. The van der Waals surface area contributed by atoms with E-state index in [4.69, 9.17) is 4.74 Å². The van der Waals surface area contributed by atoms with E-state index in [9.17, 15) is 4.79 Å². The SMILES string of the molecule is CCC(CC)CCC(=O)OC(CC)CC.N. The smallest absolute Gasteiger partial charge is 0.306 e. The van der Waals surface area contributed by atoms with Gasteiger partial charge in [-0.05, 0) is 25.2 Å². The van der Waals surface area contributed by atoms with E-state index in [-0.39, 0.29) is 18.2 Å². The molecule has 0 radical (unpaired) electrons. The van der Waals surface area contributed by atoms with Crippen molar-refractivity contribution in [1.82, 2.24) is 6.15 Å². The van der Waals surface area contributed by atoms with Crippen LogP contribution in [0.25, 0.3) is 0 Å². The number of rotatable bonds is 8. The topological polar surface area (TPSA) is 61.3 Å². The lowest BCUT2D eigenvalue weighted by Gasteiger charge is -2.15. The fourth-order valence-corrected chi connectivity index (χ4v) is 1.72. The number of hydrogen-bond acceptors (Lipinski definition) is 3. The van der Waals surface area contributed by atoms with Crippen molar-refractivity contribution < 1.29 is 9.53 Å². The Morgan fingerprint density at radius 1 is 1.00 bits per heavy atom. The fraction of sp³-hybridized carbons (Fsp3) is 0.923. The molecule has 0 heterocycles. The van der Waals surface area contributed by atoms with Gasteiger partial charge in [0.15, 0.2) is 0 Å². The molecule has 0 rings (SSSR count). The van der Waals surface area contributed by atoms with Gasteiger partial charge in [-0.2, -0.15) is 0 Å². The van der Waals surface area contributed by atoms with Crippen LogP contribution in [0, 0.1) is 5.92 Å². The summed E-state index contributed by atoms with van der Waals surface area (Å²) in [5.41, 5.74) is 0. The summed E-state index contributed by atoms with van der Waals surface area (Å²) >= 11 is 0. The van der Waals surface area contributed by atoms with Gasteiger partial charge in [-0.25, -0.2) is 0 Å². The number of carbonyl (C=O) groups excluding carboxylic acids is 1. The lowest BCUT2D eigenvalue weighted by molar-refractivity contribution is -0.149. The molecule has 0 aliphatic rings. The minimum atomic E-state index is -0.0180. The van der Waals surface area contributed by atoms with Gasteiger partial charge in [0.2, 0.25) is 0 Å². The lowest BCUT2D eigenvalue weighted by atomic mass is 9.98. The number of hydrogen-bond donors (Lipinski definition) is 1. The molecule has 0 aromatic rings. The molecule has 0 bridgehead atoms. The van der Waals surface area contributed by atoms with Gasteiger partial charge in [0.05, 0.1) is 0 Å². The molecule has 3 N–H and O–H groups in total. The normalized spacial score (nSPS) is 10.4. The number of carbonyl (C=O) groups is 1. The second-order valence-electron chi connectivity index (χ2n) is 4.15. The second kappa shape index (κ2) is 10.9. The number of ether oxygens (including phenoxy) is 1. The van der Waals surface area contributed by atoms with Crippen LogP contribution in [0.2, 0.25) is 0 Å². The lowest BCUT2D eigenvalue weighted by Crippen LogP contribution is -2.17. The Morgan fingerprint density at radius 2 is 1.50 bits per heavy atom. The summed E-state index contributed by atoms with van der Waals surface area (Å²) in [5, 5.41) is 0. The maximum atomic E-state index is 11.5. The summed E-state index contributed by atoms with van der Waals surface area (Å²) in [5.74, 6) is 0.662. The molecule has 0 amide bonds. The Kier molecular flexibility index (Phi) is 12.2. The summed E-state index contributed by atoms with van der Waals surface area (Å²) < 4.78 is 5.35. The first-order chi connectivity index (χ1) is 7.17. The van der Waals surface area contributed by atoms with Gasteiger partial charge in [-0.15, -0.1) is 0 Å². The third-order valence-electron chi connectivity index (χ3n) is 3.12. The zero-order valence-electron chi connectivity index (χ0n) is 11.4. The molecule has 0 aromatic carbocycles. The molecule has 0 aliphatic carbocycles. The Hall–Kier alpha value is -0.570. The van der Waals surface area contributed by atoms with Gasteiger partial charge in [0.1, 0.15) is 6.10 Å². The van der Waals surface area contributed by atoms with E-state index < -0.39 is 0 Å². The van der Waals surface area contributed by atoms with Gasteiger partial charge >= 0.3 is 5.97 Å². The highest BCUT2D eigenvalue weighted by Crippen LogP contribution is 2.15. The Bertz CT molecular complexity index is 163. The zero-order chi connectivity index (χ0) is 11.7. The second-order valence-corrected chi connectivity index (χ2v) is 4.15. The van der Waals surface area contributed by atoms with Crippen LogP contribution in [-0.4, -0.2) is 12.1 Å². The van der Waals surface area contributed by atoms with Gasteiger partial charge in [0, 0.05) is 6.42 Å². The molecule has 0 saturated carbocycles. The molecule has 0 spiro atoms. The predicted octanol–water partition coefficient (Wildman–Crippen LogP) is 4.10. The van der Waals surface area contributed by atoms with Crippen LogP contribution in [0.5, 0.6) is 0 Å². The summed E-state index contributed by atoms with van der Waals surface area (Å²) in [7, 11) is 0. The zero-order valence-corrected chi connectivity index (χ0v) is 11.4. The Morgan fingerprint density at radius 3 is 1.88 bits per heavy atom. The summed E-state index contributed by atoms with van der Waals surface area (Å²) in [6, 6.07) is 0. The summed E-state index contributed by atoms with van der Waals surface area (Å²) in [6.45, 7) is 8.48. The Labute approximate surface area is 101 Å². The maximum absolute atomic E-state index is 11.5. The van der Waals surface area contributed by atoms with Gasteiger partial charge in [0.25, 0.3) is 0 Å². The van der Waals surface area contributed by atoms with Crippen molar-refractivity contribution in [2.24, 2.45) is 5.92 Å². The third kappa shape index (κ3) is 7.69. The van der Waals surface area contributed by atoms with Crippen molar-refractivity contribution in [3.63, 3.8) is 0 Å². The molecule has 0 fully saturated rings. The largest absolute Gasteiger partial charge is 0.462 e. The standard InChI is InChI=1S/C13H26O2.H3N/c1-5-11(6-2)9-10-13(14)15-12(7-3)8-4;/h11-12H,5-10H2,1-4H3;1H3. The van der Waals surface area contributed by atoms with Crippen LogP contribution in [0.3, 0.4) is 0 Å². The molecule has 0 atom stereocenters. The van der Waals surface area contributed by atoms with Crippen molar-refractivity contribution >= 4 is 5.97 Å². The van der Waals surface area contributed by atoms with E-state index in [0.29, 0.717) is 12.3 Å². The van der Waals surface area contributed by atoms with E-state index in [1.54, 1.807) is 0 Å². The predicted molar refractivity (Wildman–Crippen MR) is 68.8 cm³/mol. The Balaban J connectivity index is 0. The highest BCUT2D eigenvalue weighted by atomic mass is 16.5. The summed E-state index contributed by atoms with van der Waals surface area (Å²) in [6.07, 6.45) is 5.86. The quantitative estimate of drug-likeness (QED) is 0.640. The highest BCUT2D eigenvalue weighted by Gasteiger charge is 2.12. The van der Waals surface area contributed by atoms with Crippen LogP contribution in [0.15, 0.2) is 0 Å². The molecular formula is C13H29NO2. The minimum absolute atomic E-state index is 0. The van der Waals surface area contributed by atoms with E-state index >= 15 is 0 Å². The van der Waals surface area contributed by atoms with Gasteiger partial charge < -0.3 is 10.9 Å². The van der Waals surface area contributed by atoms with E-state index in [2.05, 4.69) is 27.7 Å². The van der Waals surface area contributed by atoms with Crippen LogP contribution in [0.4, 0.5) is 0 Å². The van der Waals surface area contributed by atoms with E-state index in [1.165, 1.54) is 0 Å². The van der Waals surface area contributed by atoms with Crippen molar-refractivity contribution in [1.29, 1.82) is 0 Å². The van der Waals surface area contributed by atoms with Crippen molar-refractivity contribution in [3.8, 4) is 0 Å². The van der Waals surface area contributed by atoms with Crippen LogP contribution in [0.1, 0.15) is 66.2 Å². The fourth-order valence-electron chi connectivity index (χ4n) is 1.72. The molecule has 0 saturated heterocycles. The first-order valence-electron chi connectivity index (χ1n) is 6.37. The summed E-state index contributed by atoms with van der Waals surface area (Å²) in [4.78, 5) is 11.5. The van der Waals surface area contributed by atoms with Gasteiger partial charge in [-0.1, -0.05) is 40.5 Å². The molecular weight excluding hydrogens is 202 g/mol. The van der Waals surface area contributed by atoms with Gasteiger partial charge in [-0.3, -0.25) is 4.79 Å². The molecule has 16 heavy (non-hydrogen) atoms. The van der Waals surface area contributed by atoms with Crippen LogP contribution < -0.4 is 6.15 Å². The number of esters is 1. The van der Waals surface area contributed by atoms with E-state index in [0.717, 1.165) is 32.1 Å². The minimum Gasteiger partial charge on any atom is -0.462 e. The molecule has 3 nitrogen and oxygen atoms in total. The first kappa shape index (κ1) is 17.8. The van der Waals surface area contributed by atoms with Crippen molar-refractivity contribution in [3.05, 3.63) is 0 Å². The molecule has 0 unspecified atom stereocenters. The molecule has 0 aromatic heterocycles. The van der Waals surface area contributed by atoms with Crippen molar-refractivity contribution in [2.45, 2.75) is 72.3 Å². The van der Waals surface area contributed by atoms with E-state index in [1.807, 2.05) is 0 Å². The van der Waals surface area contributed by atoms with Crippen molar-refractivity contribution in [2.75, 3.05) is 0 Å². The molecule has 98 valence electrons. The van der Waals surface area contributed by atoms with Crippen LogP contribution in [-0.2, 0) is 9.53 Å². The maximum Gasteiger partial charge on any atom is 0.306 e. The monoisotopic (exact) mass is 231 g/mol. The molecule has 3 heteroatoms.